The highest BCUT2D eigenvalue weighted by molar-refractivity contribution is 5.44. The molecule has 0 amide bonds. The van der Waals surface area contributed by atoms with Crippen LogP contribution >= 0.6 is 0 Å². The third kappa shape index (κ3) is 1.47. The monoisotopic (exact) mass is 191 g/mol. The number of rotatable bonds is 2. The van der Waals surface area contributed by atoms with Gasteiger partial charge in [-0.3, -0.25) is 0 Å². The van der Waals surface area contributed by atoms with Crippen LogP contribution in [0.1, 0.15) is 0 Å². The maximum absolute atomic E-state index is 5.52. The van der Waals surface area contributed by atoms with E-state index < -0.39 is 0 Å². The summed E-state index contributed by atoms with van der Waals surface area (Å²) >= 11 is 0. The summed E-state index contributed by atoms with van der Waals surface area (Å²) in [6, 6.07) is 1.73. The normalized spacial score (nSPS) is 10.1. The van der Waals surface area contributed by atoms with Crippen LogP contribution in [0.25, 0.3) is 5.82 Å². The molecule has 0 aliphatic rings. The quantitative estimate of drug-likeness (QED) is 0.675. The Balaban J connectivity index is 2.48. The van der Waals surface area contributed by atoms with E-state index in [1.165, 1.54) is 11.0 Å². The zero-order valence-electron chi connectivity index (χ0n) is 7.55. The summed E-state index contributed by atoms with van der Waals surface area (Å²) in [5.41, 5.74) is 5.52. The lowest BCUT2D eigenvalue weighted by atomic mass is 10.5. The second kappa shape index (κ2) is 3.29. The summed E-state index contributed by atoms with van der Waals surface area (Å²) in [6.07, 6.45) is 2.97. The Morgan fingerprint density at radius 1 is 1.43 bits per heavy atom. The van der Waals surface area contributed by atoms with Crippen LogP contribution < -0.4 is 11.1 Å². The zero-order chi connectivity index (χ0) is 9.97. The molecule has 7 heteroatoms. The molecule has 0 radical (unpaired) electrons. The van der Waals surface area contributed by atoms with Gasteiger partial charge >= 0.3 is 0 Å². The number of nitrogens with one attached hydrogen (secondary N) is 1. The summed E-state index contributed by atoms with van der Waals surface area (Å²) in [6.45, 7) is 0. The summed E-state index contributed by atoms with van der Waals surface area (Å²) < 4.78 is 1.51. The highest BCUT2D eigenvalue weighted by Gasteiger charge is 2.02. The molecule has 2 rings (SSSR count). The van der Waals surface area contributed by atoms with Crippen LogP contribution in [0.3, 0.4) is 0 Å². The Bertz CT molecular complexity index is 422. The standard InChI is InChI=1S/C7H9N7/c1-9-5-2-6(13-7(8)12-5)14-4-10-3-11-14/h2-4H,1H3,(H3,8,9,12,13). The molecule has 0 fully saturated rings. The fraction of sp³-hybridized carbons (Fsp3) is 0.143. The fourth-order valence-corrected chi connectivity index (χ4v) is 1.02. The first-order chi connectivity index (χ1) is 6.79. The van der Waals surface area contributed by atoms with Crippen LogP contribution in [-0.4, -0.2) is 31.8 Å². The Kier molecular flexibility index (Phi) is 1.98. The van der Waals surface area contributed by atoms with Crippen molar-refractivity contribution in [2.75, 3.05) is 18.1 Å². The van der Waals surface area contributed by atoms with Gasteiger partial charge in [0.15, 0.2) is 5.82 Å². The van der Waals surface area contributed by atoms with Gasteiger partial charge in [-0.25, -0.2) is 9.67 Å². The molecule has 72 valence electrons. The minimum Gasteiger partial charge on any atom is -0.373 e. The molecule has 0 aliphatic heterocycles. The van der Waals surface area contributed by atoms with Gasteiger partial charge in [-0.1, -0.05) is 0 Å². The van der Waals surface area contributed by atoms with Gasteiger partial charge in [0, 0.05) is 13.1 Å². The number of nitrogens with zero attached hydrogens (tertiary/aromatic N) is 5. The van der Waals surface area contributed by atoms with Crippen molar-refractivity contribution < 1.29 is 0 Å². The van der Waals surface area contributed by atoms with Crippen molar-refractivity contribution >= 4 is 11.8 Å². The van der Waals surface area contributed by atoms with E-state index in [2.05, 4.69) is 25.4 Å². The van der Waals surface area contributed by atoms with Crippen LogP contribution in [0, 0.1) is 0 Å². The molecule has 14 heavy (non-hydrogen) atoms. The second-order valence-electron chi connectivity index (χ2n) is 2.56. The first-order valence-corrected chi connectivity index (χ1v) is 3.97. The predicted molar refractivity (Wildman–Crippen MR) is 50.9 cm³/mol. The summed E-state index contributed by atoms with van der Waals surface area (Å²) in [5.74, 6) is 1.42. The largest absolute Gasteiger partial charge is 0.373 e. The third-order valence-corrected chi connectivity index (χ3v) is 1.64. The minimum atomic E-state index is 0.197. The van der Waals surface area contributed by atoms with Gasteiger partial charge in [0.2, 0.25) is 5.95 Å². The van der Waals surface area contributed by atoms with Crippen molar-refractivity contribution in [3.05, 3.63) is 18.7 Å². The molecule has 0 saturated carbocycles. The summed E-state index contributed by atoms with van der Waals surface area (Å²) in [4.78, 5) is 11.8. The summed E-state index contributed by atoms with van der Waals surface area (Å²) in [7, 11) is 1.76. The Labute approximate surface area is 80.0 Å². The topological polar surface area (TPSA) is 94.5 Å². The van der Waals surface area contributed by atoms with E-state index in [0.717, 1.165) is 0 Å². The first-order valence-electron chi connectivity index (χ1n) is 3.97. The Hall–Kier alpha value is -2.18. The molecule has 0 atom stereocenters. The molecule has 2 heterocycles. The zero-order valence-corrected chi connectivity index (χ0v) is 7.55. The second-order valence-corrected chi connectivity index (χ2v) is 2.56. The average Bonchev–Trinajstić information content (AvgIpc) is 2.69. The number of anilines is 2. The molecule has 2 aromatic heterocycles. The maximum atomic E-state index is 5.52. The predicted octanol–water partition coefficient (Wildman–Crippen LogP) is -0.319. The lowest BCUT2D eigenvalue weighted by molar-refractivity contribution is 0.841. The molecule has 0 bridgehead atoms. The van der Waals surface area contributed by atoms with Crippen LogP contribution in [-0.2, 0) is 0 Å². The lowest BCUT2D eigenvalue weighted by Gasteiger charge is -2.03. The van der Waals surface area contributed by atoms with E-state index in [-0.39, 0.29) is 5.95 Å². The highest BCUT2D eigenvalue weighted by Crippen LogP contribution is 2.09. The van der Waals surface area contributed by atoms with E-state index in [1.807, 2.05) is 0 Å². The molecule has 0 spiro atoms. The Morgan fingerprint density at radius 3 is 2.93 bits per heavy atom. The molecule has 0 aliphatic carbocycles. The minimum absolute atomic E-state index is 0.197. The fourth-order valence-electron chi connectivity index (χ4n) is 1.02. The molecular weight excluding hydrogens is 182 g/mol. The van der Waals surface area contributed by atoms with E-state index in [0.29, 0.717) is 11.6 Å². The molecular formula is C7H9N7. The van der Waals surface area contributed by atoms with Crippen LogP contribution in [0.2, 0.25) is 0 Å². The Morgan fingerprint density at radius 2 is 2.29 bits per heavy atom. The number of hydrogen-bond donors (Lipinski definition) is 2. The molecule has 0 aromatic carbocycles. The third-order valence-electron chi connectivity index (χ3n) is 1.64. The number of nitrogen functional groups attached to an aromatic ring is 1. The van der Waals surface area contributed by atoms with Crippen molar-refractivity contribution in [2.24, 2.45) is 0 Å². The number of aromatic nitrogens is 5. The average molecular weight is 191 g/mol. The van der Waals surface area contributed by atoms with Crippen molar-refractivity contribution in [1.82, 2.24) is 24.7 Å². The van der Waals surface area contributed by atoms with Crippen LogP contribution in [0.15, 0.2) is 18.7 Å². The van der Waals surface area contributed by atoms with Crippen molar-refractivity contribution in [2.45, 2.75) is 0 Å². The van der Waals surface area contributed by atoms with Crippen LogP contribution in [0.5, 0.6) is 0 Å². The van der Waals surface area contributed by atoms with Gasteiger partial charge < -0.3 is 11.1 Å². The molecule has 0 saturated heterocycles. The van der Waals surface area contributed by atoms with Crippen molar-refractivity contribution in [3.63, 3.8) is 0 Å². The first kappa shape index (κ1) is 8.42. The number of hydrogen-bond acceptors (Lipinski definition) is 6. The van der Waals surface area contributed by atoms with Gasteiger partial charge in [0.05, 0.1) is 0 Å². The molecule has 3 N–H and O–H groups in total. The maximum Gasteiger partial charge on any atom is 0.224 e. The van der Waals surface area contributed by atoms with E-state index in [9.17, 15) is 0 Å². The van der Waals surface area contributed by atoms with Gasteiger partial charge in [-0.2, -0.15) is 15.1 Å². The lowest BCUT2D eigenvalue weighted by Crippen LogP contribution is -2.05. The van der Waals surface area contributed by atoms with Gasteiger partial charge in [-0.15, -0.1) is 0 Å². The highest BCUT2D eigenvalue weighted by atomic mass is 15.3. The molecule has 0 unspecified atom stereocenters. The van der Waals surface area contributed by atoms with Crippen molar-refractivity contribution in [1.29, 1.82) is 0 Å². The molecule has 7 nitrogen and oxygen atoms in total. The van der Waals surface area contributed by atoms with E-state index in [4.69, 9.17) is 5.73 Å². The van der Waals surface area contributed by atoms with Gasteiger partial charge in [-0.05, 0) is 0 Å². The van der Waals surface area contributed by atoms with Crippen molar-refractivity contribution in [3.8, 4) is 5.82 Å². The number of nitrogens with two attached hydrogens (primary N) is 1. The van der Waals surface area contributed by atoms with Gasteiger partial charge in [0.1, 0.15) is 18.5 Å². The van der Waals surface area contributed by atoms with Crippen LogP contribution in [0.4, 0.5) is 11.8 Å². The summed E-state index contributed by atoms with van der Waals surface area (Å²) in [5, 5.41) is 6.81. The SMILES string of the molecule is CNc1cc(-n2cncn2)nc(N)n1. The van der Waals surface area contributed by atoms with E-state index >= 15 is 0 Å². The van der Waals surface area contributed by atoms with Gasteiger partial charge in [0.25, 0.3) is 0 Å². The van der Waals surface area contributed by atoms with E-state index in [1.54, 1.807) is 19.4 Å². The molecule has 2 aromatic rings. The smallest absolute Gasteiger partial charge is 0.224 e.